The maximum absolute atomic E-state index is 13.1. The molecule has 7 nitrogen and oxygen atoms in total. The van der Waals surface area contributed by atoms with Gasteiger partial charge in [-0.05, 0) is 105 Å². The summed E-state index contributed by atoms with van der Waals surface area (Å²) in [5.74, 6) is 0.509. The fourth-order valence-corrected chi connectivity index (χ4v) is 6.94. The first-order chi connectivity index (χ1) is 18.7. The van der Waals surface area contributed by atoms with Crippen LogP contribution in [0.5, 0.6) is 5.75 Å². The van der Waals surface area contributed by atoms with Gasteiger partial charge >= 0.3 is 0 Å². The quantitative estimate of drug-likeness (QED) is 0.419. The highest BCUT2D eigenvalue weighted by Crippen LogP contribution is 2.41. The number of nitrogens with one attached hydrogen (secondary N) is 1. The monoisotopic (exact) mass is 572 g/mol. The Morgan fingerprint density at radius 3 is 2.67 bits per heavy atom. The normalized spacial score (nSPS) is 28.4. The van der Waals surface area contributed by atoms with Crippen LogP contribution in [-0.2, 0) is 23.1 Å². The predicted octanol–water partition coefficient (Wildman–Crippen LogP) is 5.25. The first kappa shape index (κ1) is 28.0. The molecule has 0 aromatic heterocycles. The second-order valence-electron chi connectivity index (χ2n) is 11.1. The van der Waals surface area contributed by atoms with Gasteiger partial charge in [-0.25, -0.2) is 13.1 Å². The molecule has 9 heteroatoms. The van der Waals surface area contributed by atoms with Crippen LogP contribution in [0, 0.1) is 11.8 Å². The Hall–Kier alpha value is -2.55. The van der Waals surface area contributed by atoms with Crippen LogP contribution in [0.3, 0.4) is 0 Å². The first-order valence-electron chi connectivity index (χ1n) is 13.9. The number of hydrogen-bond donors (Lipinski definition) is 2. The van der Waals surface area contributed by atoms with E-state index in [0.29, 0.717) is 29.7 Å². The Morgan fingerprint density at radius 1 is 1.05 bits per heavy atom. The third-order valence-electron chi connectivity index (χ3n) is 8.44. The molecule has 2 aromatic rings. The number of halogens is 1. The molecule has 1 fully saturated rings. The van der Waals surface area contributed by atoms with Crippen molar-refractivity contribution in [3.8, 4) is 5.75 Å². The van der Waals surface area contributed by atoms with Gasteiger partial charge in [0, 0.05) is 23.7 Å². The Bertz CT molecular complexity index is 1340. The van der Waals surface area contributed by atoms with E-state index in [-0.39, 0.29) is 17.9 Å². The Kier molecular flexibility index (Phi) is 8.55. The van der Waals surface area contributed by atoms with Crippen LogP contribution < -0.4 is 14.4 Å². The number of aliphatic hydroxyl groups excluding tert-OH is 1. The molecule has 2 aromatic carbocycles. The minimum atomic E-state index is -3.88. The number of anilines is 1. The van der Waals surface area contributed by atoms with Gasteiger partial charge in [0.15, 0.2) is 0 Å². The molecule has 4 atom stereocenters. The number of carbonyl (C=O) groups excluding carboxylic acids is 1. The van der Waals surface area contributed by atoms with Crippen LogP contribution in [0.15, 0.2) is 48.6 Å². The van der Waals surface area contributed by atoms with Crippen molar-refractivity contribution in [3.63, 3.8) is 0 Å². The van der Waals surface area contributed by atoms with Gasteiger partial charge in [0.2, 0.25) is 10.0 Å². The van der Waals surface area contributed by atoms with E-state index in [1.165, 1.54) is 5.56 Å². The van der Waals surface area contributed by atoms with Crippen molar-refractivity contribution in [2.24, 2.45) is 11.8 Å². The van der Waals surface area contributed by atoms with Crippen LogP contribution in [0.1, 0.15) is 66.9 Å². The molecule has 0 unspecified atom stereocenters. The number of sulfonamides is 1. The van der Waals surface area contributed by atoms with Crippen molar-refractivity contribution < 1.29 is 23.1 Å². The molecule has 1 aliphatic carbocycles. The van der Waals surface area contributed by atoms with Gasteiger partial charge in [0.1, 0.15) is 12.4 Å². The van der Waals surface area contributed by atoms with E-state index in [1.807, 2.05) is 24.3 Å². The molecular formula is C30H37ClN2O5S. The summed E-state index contributed by atoms with van der Waals surface area (Å²) in [6.07, 6.45) is 8.75. The molecule has 0 radical (unpaired) electrons. The molecule has 1 amide bonds. The van der Waals surface area contributed by atoms with Crippen molar-refractivity contribution >= 4 is 33.2 Å². The highest BCUT2D eigenvalue weighted by molar-refractivity contribution is 7.90. The van der Waals surface area contributed by atoms with Crippen LogP contribution >= 0.6 is 11.6 Å². The molecule has 2 aliphatic heterocycles. The second kappa shape index (κ2) is 11.9. The Labute approximate surface area is 236 Å². The van der Waals surface area contributed by atoms with Crippen LogP contribution in [-0.4, -0.2) is 43.9 Å². The molecule has 210 valence electrons. The largest absolute Gasteiger partial charge is 0.487 e. The van der Waals surface area contributed by atoms with E-state index < -0.39 is 27.3 Å². The summed E-state index contributed by atoms with van der Waals surface area (Å²) in [4.78, 5) is 15.4. The van der Waals surface area contributed by atoms with E-state index in [1.54, 1.807) is 31.2 Å². The standard InChI is InChI=1S/C30H37ClN2O5S/c1-20-6-2-3-8-28(34)26-13-10-23(26)18-33-15-5-4-7-21-16-25(31)12-9-24(21)19-38-29-14-11-22(17-27(29)33)30(35)32-39(20,36)37/h2-3,9,11-12,14,16-17,20,23,26,28,34H,4-8,10,13,15,18-19H2,1H3,(H,32,35)/b3-2-/t20-,23+,26-,28+/m1/s1. The molecule has 0 spiro atoms. The Balaban J connectivity index is 1.53. The number of allylic oxidation sites excluding steroid dienone is 1. The molecular weight excluding hydrogens is 536 g/mol. The maximum atomic E-state index is 13.1. The fraction of sp³-hybridized carbons (Fsp3) is 0.500. The van der Waals surface area contributed by atoms with Gasteiger partial charge in [-0.15, -0.1) is 0 Å². The first-order valence-corrected chi connectivity index (χ1v) is 15.8. The van der Waals surface area contributed by atoms with Crippen molar-refractivity contribution in [1.82, 2.24) is 4.72 Å². The number of hydrogen-bond acceptors (Lipinski definition) is 6. The third kappa shape index (κ3) is 6.44. The van der Waals surface area contributed by atoms with Gasteiger partial charge in [-0.2, -0.15) is 0 Å². The number of nitrogens with zero attached hydrogens (tertiary/aromatic N) is 1. The smallest absolute Gasteiger partial charge is 0.264 e. The van der Waals surface area contributed by atoms with Gasteiger partial charge in [0.05, 0.1) is 17.0 Å². The highest BCUT2D eigenvalue weighted by Gasteiger charge is 2.37. The summed E-state index contributed by atoms with van der Waals surface area (Å²) in [5, 5.41) is 10.9. The van der Waals surface area contributed by atoms with Crippen LogP contribution in [0.2, 0.25) is 5.02 Å². The SMILES string of the molecule is C[C@@H]1C/C=C\C[C@H](O)[C@@H]2CC[C@H]2CN2CCCCc3cc(Cl)ccc3COc3ccc(cc32)C(=O)NS1(=O)=O. The lowest BCUT2D eigenvalue weighted by atomic mass is 9.69. The number of benzene rings is 2. The predicted molar refractivity (Wildman–Crippen MR) is 154 cm³/mol. The topological polar surface area (TPSA) is 95.9 Å². The van der Waals surface area contributed by atoms with Gasteiger partial charge in [0.25, 0.3) is 5.91 Å². The Morgan fingerprint density at radius 2 is 1.87 bits per heavy atom. The van der Waals surface area contributed by atoms with Crippen LogP contribution in [0.4, 0.5) is 5.69 Å². The lowest BCUT2D eigenvalue weighted by molar-refractivity contribution is 0.0180. The summed E-state index contributed by atoms with van der Waals surface area (Å²) in [6.45, 7) is 3.44. The number of carbonyl (C=O) groups is 1. The van der Waals surface area contributed by atoms with Crippen molar-refractivity contribution in [3.05, 3.63) is 70.3 Å². The zero-order valence-corrected chi connectivity index (χ0v) is 23.9. The second-order valence-corrected chi connectivity index (χ2v) is 13.6. The molecule has 39 heavy (non-hydrogen) atoms. The molecule has 2 bridgehead atoms. The van der Waals surface area contributed by atoms with Crippen molar-refractivity contribution in [1.29, 1.82) is 0 Å². The number of amides is 1. The molecule has 1 saturated carbocycles. The fourth-order valence-electron chi connectivity index (χ4n) is 5.80. The molecule has 2 N–H and O–H groups in total. The highest BCUT2D eigenvalue weighted by atomic mass is 35.5. The van der Waals surface area contributed by atoms with E-state index >= 15 is 0 Å². The van der Waals surface area contributed by atoms with Gasteiger partial charge in [-0.3, -0.25) is 4.79 Å². The average molecular weight is 573 g/mol. The van der Waals surface area contributed by atoms with E-state index in [9.17, 15) is 18.3 Å². The zero-order chi connectivity index (χ0) is 27.6. The summed E-state index contributed by atoms with van der Waals surface area (Å²) in [7, 11) is -3.88. The van der Waals surface area contributed by atoms with Crippen LogP contribution in [0.25, 0.3) is 0 Å². The summed E-state index contributed by atoms with van der Waals surface area (Å²) in [6, 6.07) is 11.0. The maximum Gasteiger partial charge on any atom is 0.264 e. The summed E-state index contributed by atoms with van der Waals surface area (Å²) < 4.78 is 34.4. The van der Waals surface area contributed by atoms with E-state index in [2.05, 4.69) is 9.62 Å². The molecule has 3 aliphatic rings. The number of ether oxygens (including phenoxy) is 1. The molecule has 5 rings (SSSR count). The minimum absolute atomic E-state index is 0.184. The van der Waals surface area contributed by atoms with Crippen molar-refractivity contribution in [2.45, 2.75) is 69.8 Å². The third-order valence-corrected chi connectivity index (χ3v) is 10.4. The number of aryl methyl sites for hydroxylation is 1. The van der Waals surface area contributed by atoms with E-state index in [4.69, 9.17) is 16.3 Å². The molecule has 0 saturated heterocycles. The summed E-state index contributed by atoms with van der Waals surface area (Å²) in [5.41, 5.74) is 3.30. The molecule has 2 heterocycles. The lowest BCUT2D eigenvalue weighted by Crippen LogP contribution is -2.43. The van der Waals surface area contributed by atoms with Gasteiger partial charge < -0.3 is 14.7 Å². The minimum Gasteiger partial charge on any atom is -0.487 e. The number of aliphatic hydroxyl groups is 1. The number of fused-ring (bicyclic) bond motifs is 3. The lowest BCUT2D eigenvalue weighted by Gasteiger charge is -2.43. The zero-order valence-electron chi connectivity index (χ0n) is 22.3. The van der Waals surface area contributed by atoms with Gasteiger partial charge in [-0.1, -0.05) is 29.8 Å². The average Bonchev–Trinajstić information content (AvgIpc) is 2.91. The number of rotatable bonds is 0. The summed E-state index contributed by atoms with van der Waals surface area (Å²) >= 11 is 6.28. The van der Waals surface area contributed by atoms with Crippen molar-refractivity contribution in [2.75, 3.05) is 18.0 Å². The van der Waals surface area contributed by atoms with E-state index in [0.717, 1.165) is 56.4 Å².